The number of nitrogens with zero attached hydrogens (tertiary/aromatic N) is 2. The molecule has 0 radical (unpaired) electrons. The zero-order valence-electron chi connectivity index (χ0n) is 12.1. The van der Waals surface area contributed by atoms with Gasteiger partial charge >= 0.3 is 0 Å². The van der Waals surface area contributed by atoms with Crippen molar-refractivity contribution in [3.63, 3.8) is 0 Å². The predicted molar refractivity (Wildman–Crippen MR) is 90.9 cm³/mol. The third-order valence-electron chi connectivity index (χ3n) is 3.90. The number of halogens is 2. The van der Waals surface area contributed by atoms with Gasteiger partial charge in [-0.2, -0.15) is 0 Å². The van der Waals surface area contributed by atoms with Crippen LogP contribution in [-0.2, 0) is 12.8 Å². The largest absolute Gasteiger partial charge is 0.297 e. The molecule has 0 saturated carbocycles. The smallest absolute Gasteiger partial charge is 0.113 e. The fourth-order valence-corrected chi connectivity index (χ4v) is 3.35. The molecule has 0 atom stereocenters. The lowest BCUT2D eigenvalue weighted by molar-refractivity contribution is 0.821. The van der Waals surface area contributed by atoms with Crippen molar-refractivity contribution in [3.8, 4) is 0 Å². The average Bonchev–Trinajstić information content (AvgIpc) is 2.84. The summed E-state index contributed by atoms with van der Waals surface area (Å²) in [5, 5.41) is 1.28. The van der Waals surface area contributed by atoms with Crippen LogP contribution in [0, 0.1) is 6.92 Å². The Labute approximate surface area is 134 Å². The highest BCUT2D eigenvalue weighted by atomic mass is 35.5. The molecule has 0 N–H and O–H groups in total. The van der Waals surface area contributed by atoms with Crippen molar-refractivity contribution >= 4 is 39.6 Å². The summed E-state index contributed by atoms with van der Waals surface area (Å²) >= 11 is 11.9. The van der Waals surface area contributed by atoms with Gasteiger partial charge in [-0.1, -0.05) is 18.2 Å². The summed E-state index contributed by atoms with van der Waals surface area (Å²) in [6.07, 6.45) is 4.66. The van der Waals surface area contributed by atoms with Gasteiger partial charge in [-0.05, 0) is 37.0 Å². The van der Waals surface area contributed by atoms with E-state index in [1.165, 1.54) is 27.5 Å². The molecule has 0 amide bonds. The highest BCUT2D eigenvalue weighted by Crippen LogP contribution is 2.30. The van der Waals surface area contributed by atoms with E-state index in [1.807, 2.05) is 6.20 Å². The van der Waals surface area contributed by atoms with Crippen molar-refractivity contribution in [2.75, 3.05) is 11.8 Å². The number of hydrogen-bond acceptors (Lipinski definition) is 1. The molecular weight excluding hydrogens is 303 g/mol. The van der Waals surface area contributed by atoms with Crippen molar-refractivity contribution in [2.24, 2.45) is 0 Å². The summed E-state index contributed by atoms with van der Waals surface area (Å²) in [5.74, 6) is 2.36. The predicted octanol–water partition coefficient (Wildman–Crippen LogP) is 4.75. The van der Waals surface area contributed by atoms with Crippen LogP contribution in [0.25, 0.3) is 16.4 Å². The topological polar surface area (TPSA) is 17.3 Å². The molecular formula is C17H18Cl2N2. The van der Waals surface area contributed by atoms with Crippen LogP contribution >= 0.6 is 23.2 Å². The molecule has 3 aromatic rings. The van der Waals surface area contributed by atoms with E-state index in [2.05, 4.69) is 40.6 Å². The Morgan fingerprint density at radius 2 is 1.90 bits per heavy atom. The maximum atomic E-state index is 6.03. The minimum Gasteiger partial charge on any atom is -0.297 e. The van der Waals surface area contributed by atoms with Gasteiger partial charge in [-0.3, -0.25) is 4.40 Å². The number of aryl methyl sites for hydroxylation is 3. The SMILES string of the molecule is Cc1cnc(CCCCl)n2c1c(CCCl)c1ccccc12. The first-order valence-corrected chi connectivity index (χ1v) is 8.33. The van der Waals surface area contributed by atoms with E-state index < -0.39 is 0 Å². The average molecular weight is 321 g/mol. The number of fused-ring (bicyclic) bond motifs is 3. The maximum absolute atomic E-state index is 6.03. The third-order valence-corrected chi connectivity index (χ3v) is 4.35. The highest BCUT2D eigenvalue weighted by Gasteiger charge is 2.16. The summed E-state index contributed by atoms with van der Waals surface area (Å²) < 4.78 is 2.29. The van der Waals surface area contributed by atoms with Gasteiger partial charge in [0.25, 0.3) is 0 Å². The van der Waals surface area contributed by atoms with E-state index in [0.29, 0.717) is 11.8 Å². The first kappa shape index (κ1) is 14.7. The quantitative estimate of drug-likeness (QED) is 0.620. The second kappa shape index (κ2) is 6.25. The fraction of sp³-hybridized carbons (Fsp3) is 0.353. The van der Waals surface area contributed by atoms with Crippen molar-refractivity contribution < 1.29 is 0 Å². The first-order valence-electron chi connectivity index (χ1n) is 7.26. The summed E-state index contributed by atoms with van der Waals surface area (Å²) in [6.45, 7) is 2.12. The fourth-order valence-electron chi connectivity index (χ4n) is 3.03. The molecule has 0 bridgehead atoms. The zero-order valence-corrected chi connectivity index (χ0v) is 13.6. The van der Waals surface area contributed by atoms with Crippen molar-refractivity contribution in [3.05, 3.63) is 47.4 Å². The minimum absolute atomic E-state index is 0.627. The first-order chi connectivity index (χ1) is 10.3. The summed E-state index contributed by atoms with van der Waals surface area (Å²) in [7, 11) is 0. The van der Waals surface area contributed by atoms with Gasteiger partial charge in [0.05, 0.1) is 11.0 Å². The van der Waals surface area contributed by atoms with E-state index in [-0.39, 0.29) is 0 Å². The monoisotopic (exact) mass is 320 g/mol. The van der Waals surface area contributed by atoms with Crippen LogP contribution in [0.3, 0.4) is 0 Å². The second-order valence-corrected chi connectivity index (χ2v) is 6.02. The molecule has 0 aliphatic rings. The molecule has 2 heterocycles. The third kappa shape index (κ3) is 2.51. The summed E-state index contributed by atoms with van der Waals surface area (Å²) in [5.41, 5.74) is 5.00. The highest BCUT2D eigenvalue weighted by molar-refractivity contribution is 6.18. The van der Waals surface area contributed by atoms with E-state index in [4.69, 9.17) is 23.2 Å². The Kier molecular flexibility index (Phi) is 4.37. The van der Waals surface area contributed by atoms with Gasteiger partial charge in [0.2, 0.25) is 0 Å². The van der Waals surface area contributed by atoms with Crippen molar-refractivity contribution in [1.29, 1.82) is 0 Å². The summed E-state index contributed by atoms with van der Waals surface area (Å²) in [6, 6.07) is 8.49. The van der Waals surface area contributed by atoms with Gasteiger partial charge < -0.3 is 0 Å². The molecule has 0 fully saturated rings. The van der Waals surface area contributed by atoms with Gasteiger partial charge in [0.1, 0.15) is 5.82 Å². The number of alkyl halides is 2. The van der Waals surface area contributed by atoms with Crippen LogP contribution < -0.4 is 0 Å². The van der Waals surface area contributed by atoms with Crippen LogP contribution in [0.4, 0.5) is 0 Å². The number of aromatic nitrogens is 2. The Morgan fingerprint density at radius 3 is 2.67 bits per heavy atom. The molecule has 0 aliphatic carbocycles. The van der Waals surface area contributed by atoms with Crippen molar-refractivity contribution in [1.82, 2.24) is 9.38 Å². The van der Waals surface area contributed by atoms with Crippen LogP contribution in [0.5, 0.6) is 0 Å². The van der Waals surface area contributed by atoms with Gasteiger partial charge in [0.15, 0.2) is 0 Å². The van der Waals surface area contributed by atoms with Crippen LogP contribution in [0.2, 0.25) is 0 Å². The van der Waals surface area contributed by atoms with E-state index in [1.54, 1.807) is 0 Å². The second-order valence-electron chi connectivity index (χ2n) is 5.27. The lowest BCUT2D eigenvalue weighted by atomic mass is 10.1. The van der Waals surface area contributed by atoms with Gasteiger partial charge in [0, 0.05) is 29.8 Å². The van der Waals surface area contributed by atoms with E-state index in [9.17, 15) is 0 Å². The molecule has 0 unspecified atom stereocenters. The molecule has 2 aromatic heterocycles. The minimum atomic E-state index is 0.627. The molecule has 0 aliphatic heterocycles. The Morgan fingerprint density at radius 1 is 1.10 bits per heavy atom. The zero-order chi connectivity index (χ0) is 14.8. The van der Waals surface area contributed by atoms with E-state index >= 15 is 0 Å². The molecule has 21 heavy (non-hydrogen) atoms. The Bertz CT molecular complexity index is 777. The normalized spacial score (nSPS) is 11.6. The van der Waals surface area contributed by atoms with Crippen LogP contribution in [0.1, 0.15) is 23.4 Å². The Hall–Kier alpha value is -1.25. The number of benzene rings is 1. The maximum Gasteiger partial charge on any atom is 0.113 e. The van der Waals surface area contributed by atoms with Crippen LogP contribution in [0.15, 0.2) is 30.5 Å². The molecule has 1 aromatic carbocycles. The molecule has 4 heteroatoms. The van der Waals surface area contributed by atoms with Gasteiger partial charge in [-0.15, -0.1) is 23.2 Å². The van der Waals surface area contributed by atoms with Gasteiger partial charge in [-0.25, -0.2) is 4.98 Å². The summed E-state index contributed by atoms with van der Waals surface area (Å²) in [4.78, 5) is 4.64. The number of hydrogen-bond donors (Lipinski definition) is 0. The van der Waals surface area contributed by atoms with Crippen LogP contribution in [-0.4, -0.2) is 21.1 Å². The lowest BCUT2D eigenvalue weighted by Crippen LogP contribution is -2.03. The Balaban J connectivity index is 2.37. The molecule has 110 valence electrons. The lowest BCUT2D eigenvalue weighted by Gasteiger charge is -2.08. The molecule has 0 saturated heterocycles. The van der Waals surface area contributed by atoms with Crippen molar-refractivity contribution in [2.45, 2.75) is 26.2 Å². The van der Waals surface area contributed by atoms with E-state index in [0.717, 1.165) is 25.1 Å². The molecule has 3 rings (SSSR count). The molecule has 2 nitrogen and oxygen atoms in total. The number of rotatable bonds is 5. The number of para-hydroxylation sites is 1. The standard InChI is InChI=1S/C17H18Cl2N2/c1-12-11-20-16(7-4-9-18)21-15-6-3-2-5-13(15)14(8-10-19)17(12)21/h2-3,5-6,11H,4,7-10H2,1H3. The molecule has 0 spiro atoms.